The van der Waals surface area contributed by atoms with Gasteiger partial charge in [0.15, 0.2) is 0 Å². The maximum absolute atomic E-state index is 11.7. The first kappa shape index (κ1) is 15.2. The van der Waals surface area contributed by atoms with Crippen molar-refractivity contribution < 1.29 is 9.53 Å². The van der Waals surface area contributed by atoms with Gasteiger partial charge in [-0.15, -0.1) is 0 Å². The van der Waals surface area contributed by atoms with Gasteiger partial charge in [0, 0.05) is 23.7 Å². The Morgan fingerprint density at radius 3 is 2.67 bits per heavy atom. The van der Waals surface area contributed by atoms with E-state index in [1.807, 2.05) is 0 Å². The van der Waals surface area contributed by atoms with E-state index in [1.165, 1.54) is 0 Å². The number of carbonyl (C=O) groups is 1. The summed E-state index contributed by atoms with van der Waals surface area (Å²) in [6.45, 7) is 2.63. The van der Waals surface area contributed by atoms with Crippen molar-refractivity contribution in [2.24, 2.45) is 5.73 Å². The molecule has 0 saturated carbocycles. The number of hydrogen-bond donors (Lipinski definition) is 2. The minimum atomic E-state index is -1.06. The predicted octanol–water partition coefficient (Wildman–Crippen LogP) is 1.93. The molecule has 3 N–H and O–H groups in total. The molecular weight excluding hydrogens is 275 g/mol. The van der Waals surface area contributed by atoms with Crippen molar-refractivity contribution in [1.82, 2.24) is 5.32 Å². The summed E-state index contributed by atoms with van der Waals surface area (Å²) in [6.07, 6.45) is 0. The lowest BCUT2D eigenvalue weighted by Crippen LogP contribution is -2.51. The highest BCUT2D eigenvalue weighted by molar-refractivity contribution is 6.35. The van der Waals surface area contributed by atoms with Crippen LogP contribution in [0.1, 0.15) is 12.5 Å². The molecule has 1 rings (SSSR count). The topological polar surface area (TPSA) is 64.3 Å². The number of benzene rings is 1. The molecule has 18 heavy (non-hydrogen) atoms. The van der Waals surface area contributed by atoms with Crippen LogP contribution in [0.2, 0.25) is 10.0 Å². The number of nitrogens with one attached hydrogen (secondary N) is 1. The summed E-state index contributed by atoms with van der Waals surface area (Å²) >= 11 is 11.9. The Morgan fingerprint density at radius 1 is 1.50 bits per heavy atom. The number of rotatable bonds is 6. The van der Waals surface area contributed by atoms with Crippen molar-refractivity contribution in [3.8, 4) is 0 Å². The van der Waals surface area contributed by atoms with Crippen LogP contribution in [0.15, 0.2) is 18.2 Å². The van der Waals surface area contributed by atoms with Crippen molar-refractivity contribution in [2.45, 2.75) is 12.5 Å². The minimum Gasteiger partial charge on any atom is -0.383 e. The van der Waals surface area contributed by atoms with Crippen molar-refractivity contribution in [3.63, 3.8) is 0 Å². The Kier molecular flexibility index (Phi) is 5.41. The molecule has 0 aliphatic carbocycles. The first-order chi connectivity index (χ1) is 8.41. The van der Waals surface area contributed by atoms with Gasteiger partial charge in [-0.2, -0.15) is 0 Å². The fraction of sp³-hybridized carbons (Fsp3) is 0.417. The third-order valence-corrected chi connectivity index (χ3v) is 3.30. The standard InChI is InChI=1S/C12H16Cl2N2O2/c1-12(11(15)17,16-5-6-18-2)9-4-3-8(13)7-10(9)14/h3-4,7,16H,5-6H2,1-2H3,(H2,15,17). The highest BCUT2D eigenvalue weighted by atomic mass is 35.5. The fourth-order valence-electron chi connectivity index (χ4n) is 1.61. The van der Waals surface area contributed by atoms with Gasteiger partial charge in [0.25, 0.3) is 0 Å². The van der Waals surface area contributed by atoms with Gasteiger partial charge in [0.05, 0.1) is 6.61 Å². The van der Waals surface area contributed by atoms with Crippen LogP contribution in [-0.4, -0.2) is 26.2 Å². The zero-order valence-corrected chi connectivity index (χ0v) is 11.8. The SMILES string of the molecule is COCCNC(C)(C(N)=O)c1ccc(Cl)cc1Cl. The molecule has 4 nitrogen and oxygen atoms in total. The summed E-state index contributed by atoms with van der Waals surface area (Å²) in [4.78, 5) is 11.7. The number of primary amides is 1. The van der Waals surface area contributed by atoms with Crippen LogP contribution in [-0.2, 0) is 15.1 Å². The molecule has 1 amide bonds. The van der Waals surface area contributed by atoms with Gasteiger partial charge < -0.3 is 10.5 Å². The van der Waals surface area contributed by atoms with Crippen LogP contribution in [0.3, 0.4) is 0 Å². The average molecular weight is 291 g/mol. The summed E-state index contributed by atoms with van der Waals surface area (Å²) in [5.41, 5.74) is 5.00. The van der Waals surface area contributed by atoms with Crippen molar-refractivity contribution in [3.05, 3.63) is 33.8 Å². The molecule has 100 valence electrons. The van der Waals surface area contributed by atoms with Crippen LogP contribution in [0.5, 0.6) is 0 Å². The molecule has 0 fully saturated rings. The average Bonchev–Trinajstić information content (AvgIpc) is 2.28. The molecular formula is C12H16Cl2N2O2. The lowest BCUT2D eigenvalue weighted by Gasteiger charge is -2.29. The van der Waals surface area contributed by atoms with Crippen LogP contribution in [0.4, 0.5) is 0 Å². The highest BCUT2D eigenvalue weighted by Gasteiger charge is 2.34. The number of halogens is 2. The quantitative estimate of drug-likeness (QED) is 0.787. The third kappa shape index (κ3) is 3.36. The van der Waals surface area contributed by atoms with Gasteiger partial charge in [-0.05, 0) is 24.6 Å². The van der Waals surface area contributed by atoms with Crippen LogP contribution < -0.4 is 11.1 Å². The largest absolute Gasteiger partial charge is 0.383 e. The van der Waals surface area contributed by atoms with E-state index >= 15 is 0 Å². The molecule has 6 heteroatoms. The number of ether oxygens (including phenoxy) is 1. The normalized spacial score (nSPS) is 14.2. The van der Waals surface area contributed by atoms with E-state index in [4.69, 9.17) is 33.7 Å². The second-order valence-electron chi connectivity index (χ2n) is 4.03. The molecule has 1 unspecified atom stereocenters. The van der Waals surface area contributed by atoms with Gasteiger partial charge in [-0.25, -0.2) is 0 Å². The maximum atomic E-state index is 11.7. The second kappa shape index (κ2) is 6.38. The summed E-state index contributed by atoms with van der Waals surface area (Å²) in [7, 11) is 1.58. The van der Waals surface area contributed by atoms with Crippen molar-refractivity contribution in [2.75, 3.05) is 20.3 Å². The van der Waals surface area contributed by atoms with E-state index in [0.717, 1.165) is 0 Å². The van der Waals surface area contributed by atoms with Crippen LogP contribution >= 0.6 is 23.2 Å². The lowest BCUT2D eigenvalue weighted by atomic mass is 9.91. The van der Waals surface area contributed by atoms with Crippen molar-refractivity contribution in [1.29, 1.82) is 0 Å². The van der Waals surface area contributed by atoms with E-state index in [1.54, 1.807) is 32.2 Å². The molecule has 0 bridgehead atoms. The Balaban J connectivity index is 3.06. The molecule has 0 heterocycles. The second-order valence-corrected chi connectivity index (χ2v) is 4.88. The molecule has 0 aliphatic rings. The Bertz CT molecular complexity index is 440. The van der Waals surface area contributed by atoms with E-state index in [2.05, 4.69) is 5.32 Å². The minimum absolute atomic E-state index is 0.397. The smallest absolute Gasteiger partial charge is 0.242 e. The van der Waals surface area contributed by atoms with E-state index in [-0.39, 0.29) is 0 Å². The molecule has 1 aromatic carbocycles. The lowest BCUT2D eigenvalue weighted by molar-refractivity contribution is -0.124. The predicted molar refractivity (Wildman–Crippen MR) is 72.9 cm³/mol. The van der Waals surface area contributed by atoms with E-state index in [9.17, 15) is 4.79 Å². The number of amides is 1. The Hall–Kier alpha value is -0.810. The molecule has 1 aromatic rings. The Labute approximate surface area is 116 Å². The molecule has 0 aliphatic heterocycles. The van der Waals surface area contributed by atoms with Gasteiger partial charge >= 0.3 is 0 Å². The molecule has 1 atom stereocenters. The number of carbonyl (C=O) groups excluding carboxylic acids is 1. The first-order valence-corrected chi connectivity index (χ1v) is 6.17. The molecule has 0 radical (unpaired) electrons. The highest BCUT2D eigenvalue weighted by Crippen LogP contribution is 2.30. The molecule has 0 saturated heterocycles. The summed E-state index contributed by atoms with van der Waals surface area (Å²) in [5.74, 6) is -0.511. The Morgan fingerprint density at radius 2 is 2.17 bits per heavy atom. The fourth-order valence-corrected chi connectivity index (χ4v) is 2.21. The monoisotopic (exact) mass is 290 g/mol. The molecule has 0 aromatic heterocycles. The molecule has 0 spiro atoms. The van der Waals surface area contributed by atoms with Crippen LogP contribution in [0.25, 0.3) is 0 Å². The van der Waals surface area contributed by atoms with E-state index in [0.29, 0.717) is 28.8 Å². The number of methoxy groups -OCH3 is 1. The van der Waals surface area contributed by atoms with Gasteiger partial charge in [-0.3, -0.25) is 10.1 Å². The van der Waals surface area contributed by atoms with Gasteiger partial charge in [-0.1, -0.05) is 29.3 Å². The van der Waals surface area contributed by atoms with Crippen molar-refractivity contribution >= 4 is 29.1 Å². The van der Waals surface area contributed by atoms with Gasteiger partial charge in [0.1, 0.15) is 5.54 Å². The van der Waals surface area contributed by atoms with Crippen LogP contribution in [0, 0.1) is 0 Å². The number of hydrogen-bond acceptors (Lipinski definition) is 3. The van der Waals surface area contributed by atoms with E-state index < -0.39 is 11.4 Å². The summed E-state index contributed by atoms with van der Waals surface area (Å²) in [6, 6.07) is 4.94. The van der Waals surface area contributed by atoms with Gasteiger partial charge in [0.2, 0.25) is 5.91 Å². The number of nitrogens with two attached hydrogens (primary N) is 1. The third-order valence-electron chi connectivity index (χ3n) is 2.75. The summed E-state index contributed by atoms with van der Waals surface area (Å²) < 4.78 is 4.93. The maximum Gasteiger partial charge on any atom is 0.242 e. The zero-order chi connectivity index (χ0) is 13.8. The summed E-state index contributed by atoms with van der Waals surface area (Å²) in [5, 5.41) is 3.95. The zero-order valence-electron chi connectivity index (χ0n) is 10.3. The first-order valence-electron chi connectivity index (χ1n) is 5.41.